The predicted octanol–water partition coefficient (Wildman–Crippen LogP) is 9.18. The van der Waals surface area contributed by atoms with Crippen LogP contribution in [-0.4, -0.2) is 16.2 Å². The average Bonchev–Trinajstić information content (AvgIpc) is 3.64. The van der Waals surface area contributed by atoms with Crippen molar-refractivity contribution in [3.8, 4) is 5.69 Å². The van der Waals surface area contributed by atoms with Gasteiger partial charge in [0.05, 0.1) is 11.0 Å². The molecule has 3 heterocycles. The summed E-state index contributed by atoms with van der Waals surface area (Å²) in [7, 11) is 0. The smallest absolute Gasteiger partial charge is 0.160 e. The topological polar surface area (TPSA) is 54.8 Å². The van der Waals surface area contributed by atoms with E-state index in [4.69, 9.17) is 14.4 Å². The summed E-state index contributed by atoms with van der Waals surface area (Å²) in [6.45, 7) is 0. The molecule has 0 saturated heterocycles. The lowest BCUT2D eigenvalue weighted by atomic mass is 10.0. The second kappa shape index (κ2) is 9.82. The minimum Gasteiger partial charge on any atom is -0.456 e. The molecular weight excluding hydrogens is 540 g/mol. The highest BCUT2D eigenvalue weighted by atomic mass is 16.3. The zero-order chi connectivity index (χ0) is 29.0. The third kappa shape index (κ3) is 3.87. The van der Waals surface area contributed by atoms with Crippen molar-refractivity contribution in [3.05, 3.63) is 162 Å². The number of furan rings is 1. The SMILES string of the molecule is c1ccc(C2=NC(c3cccc4oc5cc(-n6c7ccccc7c7ccccc76)ccc5c34)=NC(c3ccccc3)N2)cc1. The molecule has 0 spiro atoms. The molecule has 6 aromatic carbocycles. The standard InChI is InChI=1S/C39H26N4O/c1-3-12-25(13-4-1)37-40-38(26-14-5-2-6-15-26)42-39(41-37)31-18-11-21-34-36(31)30-23-22-27(24-35(30)44-34)43-32-19-9-7-16-28(32)29-17-8-10-20-33(29)43/h1-24,37H,(H,40,41,42). The van der Waals surface area contributed by atoms with E-state index in [-0.39, 0.29) is 6.17 Å². The Morgan fingerprint density at radius 2 is 1.27 bits per heavy atom. The summed E-state index contributed by atoms with van der Waals surface area (Å²) < 4.78 is 8.85. The van der Waals surface area contributed by atoms with E-state index in [0.29, 0.717) is 5.84 Å². The van der Waals surface area contributed by atoms with E-state index in [2.05, 4.69) is 107 Å². The van der Waals surface area contributed by atoms with Crippen molar-refractivity contribution in [1.82, 2.24) is 9.88 Å². The van der Waals surface area contributed by atoms with E-state index in [1.807, 2.05) is 48.5 Å². The van der Waals surface area contributed by atoms with Gasteiger partial charge in [-0.05, 0) is 35.9 Å². The Morgan fingerprint density at radius 3 is 2.02 bits per heavy atom. The van der Waals surface area contributed by atoms with Gasteiger partial charge >= 0.3 is 0 Å². The minimum absolute atomic E-state index is 0.269. The largest absolute Gasteiger partial charge is 0.456 e. The van der Waals surface area contributed by atoms with E-state index < -0.39 is 0 Å². The van der Waals surface area contributed by atoms with Crippen molar-refractivity contribution < 1.29 is 4.42 Å². The second-order valence-corrected chi connectivity index (χ2v) is 11.1. The molecular formula is C39H26N4O. The Balaban J connectivity index is 1.23. The van der Waals surface area contributed by atoms with Crippen LogP contribution in [0.4, 0.5) is 0 Å². The molecule has 0 radical (unpaired) electrons. The molecule has 1 atom stereocenters. The molecule has 0 saturated carbocycles. The predicted molar refractivity (Wildman–Crippen MR) is 180 cm³/mol. The van der Waals surface area contributed by atoms with Crippen LogP contribution in [0.3, 0.4) is 0 Å². The summed E-state index contributed by atoms with van der Waals surface area (Å²) in [5.74, 6) is 1.47. The highest BCUT2D eigenvalue weighted by Crippen LogP contribution is 2.37. The van der Waals surface area contributed by atoms with Crippen molar-refractivity contribution in [1.29, 1.82) is 0 Å². The molecule has 0 bridgehead atoms. The molecule has 1 aliphatic rings. The van der Waals surface area contributed by atoms with Crippen LogP contribution in [-0.2, 0) is 0 Å². The number of hydrogen-bond acceptors (Lipinski definition) is 4. The zero-order valence-electron chi connectivity index (χ0n) is 23.7. The van der Waals surface area contributed by atoms with Gasteiger partial charge in [-0.25, -0.2) is 9.98 Å². The fourth-order valence-electron chi connectivity index (χ4n) is 6.46. The van der Waals surface area contributed by atoms with Crippen LogP contribution < -0.4 is 5.32 Å². The molecule has 1 unspecified atom stereocenters. The van der Waals surface area contributed by atoms with E-state index in [1.165, 1.54) is 21.8 Å². The molecule has 0 aliphatic carbocycles. The maximum Gasteiger partial charge on any atom is 0.160 e. The molecule has 44 heavy (non-hydrogen) atoms. The number of para-hydroxylation sites is 2. The minimum atomic E-state index is -0.269. The Bertz CT molecular complexity index is 2360. The molecule has 5 heteroatoms. The molecule has 1 N–H and O–H groups in total. The van der Waals surface area contributed by atoms with E-state index >= 15 is 0 Å². The van der Waals surface area contributed by atoms with Gasteiger partial charge in [-0.1, -0.05) is 109 Å². The van der Waals surface area contributed by atoms with Gasteiger partial charge in [-0.15, -0.1) is 0 Å². The highest BCUT2D eigenvalue weighted by molar-refractivity contribution is 6.22. The van der Waals surface area contributed by atoms with Crippen LogP contribution in [0.25, 0.3) is 49.4 Å². The van der Waals surface area contributed by atoms with Crippen LogP contribution in [0, 0.1) is 0 Å². The number of rotatable bonds is 4. The Labute approximate surface area is 253 Å². The number of hydrogen-bond donors (Lipinski definition) is 1. The zero-order valence-corrected chi connectivity index (χ0v) is 23.7. The van der Waals surface area contributed by atoms with Gasteiger partial charge in [0.25, 0.3) is 0 Å². The summed E-state index contributed by atoms with van der Waals surface area (Å²) in [6, 6.07) is 50.3. The Hall–Kier alpha value is -5.94. The first-order chi connectivity index (χ1) is 21.8. The van der Waals surface area contributed by atoms with E-state index in [0.717, 1.165) is 50.2 Å². The Morgan fingerprint density at radius 1 is 0.591 bits per heavy atom. The van der Waals surface area contributed by atoms with Gasteiger partial charge in [-0.2, -0.15) is 0 Å². The first-order valence-corrected chi connectivity index (χ1v) is 14.8. The number of aliphatic imine (C=N–C) groups is 2. The third-order valence-electron chi connectivity index (χ3n) is 8.46. The lowest BCUT2D eigenvalue weighted by Gasteiger charge is -2.23. The molecule has 2 aromatic heterocycles. The first kappa shape index (κ1) is 24.6. The summed E-state index contributed by atoms with van der Waals surface area (Å²) in [4.78, 5) is 10.2. The number of nitrogens with zero attached hydrogens (tertiary/aromatic N) is 3. The van der Waals surface area contributed by atoms with Crippen LogP contribution in [0.1, 0.15) is 22.9 Å². The molecule has 0 amide bonds. The van der Waals surface area contributed by atoms with Gasteiger partial charge in [-0.3, -0.25) is 0 Å². The molecule has 5 nitrogen and oxygen atoms in total. The second-order valence-electron chi connectivity index (χ2n) is 11.1. The van der Waals surface area contributed by atoms with Crippen molar-refractivity contribution >= 4 is 55.4 Å². The van der Waals surface area contributed by atoms with E-state index in [9.17, 15) is 0 Å². The van der Waals surface area contributed by atoms with Crippen LogP contribution in [0.15, 0.2) is 160 Å². The quantitative estimate of drug-likeness (QED) is 0.231. The molecule has 9 rings (SSSR count). The van der Waals surface area contributed by atoms with Gasteiger partial charge in [0.15, 0.2) is 5.84 Å². The van der Waals surface area contributed by atoms with Gasteiger partial charge in [0, 0.05) is 44.4 Å². The van der Waals surface area contributed by atoms with Crippen molar-refractivity contribution in [2.75, 3.05) is 0 Å². The van der Waals surface area contributed by atoms with Gasteiger partial charge in [0.1, 0.15) is 23.2 Å². The first-order valence-electron chi connectivity index (χ1n) is 14.8. The Kier molecular flexibility index (Phi) is 5.50. The molecule has 1 aliphatic heterocycles. The van der Waals surface area contributed by atoms with Crippen molar-refractivity contribution in [2.24, 2.45) is 9.98 Å². The molecule has 208 valence electrons. The molecule has 8 aromatic rings. The number of aromatic nitrogens is 1. The summed E-state index contributed by atoms with van der Waals surface area (Å²) in [5.41, 5.74) is 8.07. The number of amidine groups is 2. The number of fused-ring (bicyclic) bond motifs is 6. The summed E-state index contributed by atoms with van der Waals surface area (Å²) in [6.07, 6.45) is -0.269. The normalized spacial score (nSPS) is 15.0. The summed E-state index contributed by atoms with van der Waals surface area (Å²) >= 11 is 0. The fraction of sp³-hybridized carbons (Fsp3) is 0.0256. The monoisotopic (exact) mass is 566 g/mol. The van der Waals surface area contributed by atoms with E-state index in [1.54, 1.807) is 0 Å². The van der Waals surface area contributed by atoms with Crippen molar-refractivity contribution in [2.45, 2.75) is 6.17 Å². The summed E-state index contributed by atoms with van der Waals surface area (Å²) in [5, 5.41) is 8.07. The van der Waals surface area contributed by atoms with Crippen molar-refractivity contribution in [3.63, 3.8) is 0 Å². The maximum absolute atomic E-state index is 6.54. The van der Waals surface area contributed by atoms with Gasteiger partial charge in [0.2, 0.25) is 0 Å². The maximum atomic E-state index is 6.54. The third-order valence-corrected chi connectivity index (χ3v) is 8.46. The average molecular weight is 567 g/mol. The van der Waals surface area contributed by atoms with Gasteiger partial charge < -0.3 is 14.3 Å². The number of benzene rings is 6. The van der Waals surface area contributed by atoms with Crippen LogP contribution >= 0.6 is 0 Å². The van der Waals surface area contributed by atoms with Crippen LogP contribution in [0.2, 0.25) is 0 Å². The van der Waals surface area contributed by atoms with Crippen LogP contribution in [0.5, 0.6) is 0 Å². The number of nitrogens with one attached hydrogen (secondary N) is 1. The highest BCUT2D eigenvalue weighted by Gasteiger charge is 2.23. The fourth-order valence-corrected chi connectivity index (χ4v) is 6.46. The molecule has 0 fully saturated rings. The lowest BCUT2D eigenvalue weighted by Crippen LogP contribution is -2.33. The lowest BCUT2D eigenvalue weighted by molar-refractivity contribution is 0.668.